The lowest BCUT2D eigenvalue weighted by Crippen LogP contribution is -2.48. The molecule has 7 heteroatoms. The predicted molar refractivity (Wildman–Crippen MR) is 130 cm³/mol. The van der Waals surface area contributed by atoms with Crippen LogP contribution in [0.3, 0.4) is 0 Å². The van der Waals surface area contributed by atoms with Crippen molar-refractivity contribution in [3.63, 3.8) is 0 Å². The molecule has 0 saturated carbocycles. The maximum absolute atomic E-state index is 5.95. The topological polar surface area (TPSA) is 40.7 Å². The Balaban J connectivity index is 0.00000113. The summed E-state index contributed by atoms with van der Waals surface area (Å²) in [5.41, 5.74) is 0. The Bertz CT molecular complexity index is 408. The molecule has 3 rings (SSSR count). The van der Waals surface area contributed by atoms with Crippen LogP contribution in [0.1, 0.15) is 41.0 Å². The average molecular weight is 445 g/mol. The number of nitrogens with zero attached hydrogens (tertiary/aromatic N) is 4. The first-order valence-corrected chi connectivity index (χ1v) is 12.9. The standard InChI is InChI=1S/C20H40N4O3.2C2H6/c1-3-26-14-10-23-17-20-16-19(23)18-24(20)11-15-27-13-9-22-6-4-21(5-7-22)8-12-25-2;2*1-2/h19-20H,3-18H2,1-2H3;2*1-2H3/t19-,20-;;/m0../s1. The van der Waals surface area contributed by atoms with E-state index in [0.717, 1.165) is 97.5 Å². The van der Waals surface area contributed by atoms with Gasteiger partial charge in [-0.15, -0.1) is 0 Å². The van der Waals surface area contributed by atoms with E-state index in [0.29, 0.717) is 0 Å². The van der Waals surface area contributed by atoms with Crippen molar-refractivity contribution in [3.8, 4) is 0 Å². The number of rotatable bonds is 13. The second kappa shape index (κ2) is 18.2. The van der Waals surface area contributed by atoms with Gasteiger partial charge in [0.1, 0.15) is 0 Å². The van der Waals surface area contributed by atoms with E-state index < -0.39 is 0 Å². The number of hydrogen-bond acceptors (Lipinski definition) is 7. The third-order valence-corrected chi connectivity index (χ3v) is 6.35. The van der Waals surface area contributed by atoms with E-state index in [2.05, 4.69) is 26.5 Å². The van der Waals surface area contributed by atoms with Gasteiger partial charge in [0.05, 0.1) is 26.4 Å². The van der Waals surface area contributed by atoms with Crippen LogP contribution in [0.15, 0.2) is 0 Å². The van der Waals surface area contributed by atoms with Crippen LogP contribution in [0.5, 0.6) is 0 Å². The van der Waals surface area contributed by atoms with Crippen molar-refractivity contribution in [1.29, 1.82) is 0 Å². The van der Waals surface area contributed by atoms with E-state index in [-0.39, 0.29) is 0 Å². The van der Waals surface area contributed by atoms with Gasteiger partial charge in [-0.25, -0.2) is 0 Å². The lowest BCUT2D eigenvalue weighted by molar-refractivity contribution is 0.0423. The number of ether oxygens (including phenoxy) is 3. The van der Waals surface area contributed by atoms with Crippen molar-refractivity contribution in [3.05, 3.63) is 0 Å². The smallest absolute Gasteiger partial charge is 0.0594 e. The minimum atomic E-state index is 0.736. The number of hydrogen-bond donors (Lipinski definition) is 0. The molecule has 0 aromatic rings. The molecule has 3 aliphatic rings. The van der Waals surface area contributed by atoms with Gasteiger partial charge in [-0.3, -0.25) is 19.6 Å². The SMILES string of the molecule is CC.CC.CCOCCN1C[C@@H]2C[C@H]1CN2CCOCCN1CCN(CCOC)CC1. The monoisotopic (exact) mass is 444 g/mol. The summed E-state index contributed by atoms with van der Waals surface area (Å²) in [5.74, 6) is 0. The molecule has 0 N–H and O–H groups in total. The largest absolute Gasteiger partial charge is 0.383 e. The molecule has 7 nitrogen and oxygen atoms in total. The van der Waals surface area contributed by atoms with Gasteiger partial charge < -0.3 is 14.2 Å². The van der Waals surface area contributed by atoms with Crippen LogP contribution in [-0.4, -0.2) is 137 Å². The summed E-state index contributed by atoms with van der Waals surface area (Å²) in [5, 5.41) is 0. The molecule has 0 aliphatic carbocycles. The number of piperazine rings is 2. The molecule has 3 aliphatic heterocycles. The molecule has 3 saturated heterocycles. The summed E-state index contributed by atoms with van der Waals surface area (Å²) in [6.07, 6.45) is 1.33. The molecule has 31 heavy (non-hydrogen) atoms. The highest BCUT2D eigenvalue weighted by Gasteiger charge is 2.42. The number of likely N-dealkylation sites (tertiary alicyclic amines) is 2. The van der Waals surface area contributed by atoms with E-state index in [1.807, 2.05) is 27.7 Å². The summed E-state index contributed by atoms with van der Waals surface area (Å²) in [7, 11) is 1.78. The van der Waals surface area contributed by atoms with Crippen LogP contribution in [0.4, 0.5) is 0 Å². The van der Waals surface area contributed by atoms with Gasteiger partial charge in [0, 0.05) is 91.2 Å². The minimum Gasteiger partial charge on any atom is -0.383 e. The molecule has 2 atom stereocenters. The lowest BCUT2D eigenvalue weighted by atomic mass is 10.2. The lowest BCUT2D eigenvalue weighted by Gasteiger charge is -2.35. The van der Waals surface area contributed by atoms with Gasteiger partial charge in [-0.05, 0) is 13.3 Å². The summed E-state index contributed by atoms with van der Waals surface area (Å²) in [4.78, 5) is 10.3. The van der Waals surface area contributed by atoms with Crippen LogP contribution in [0.25, 0.3) is 0 Å². The Kier molecular flexibility index (Phi) is 16.9. The summed E-state index contributed by atoms with van der Waals surface area (Å²) in [6.45, 7) is 25.7. The van der Waals surface area contributed by atoms with Crippen molar-refractivity contribution in [2.75, 3.05) is 106 Å². The fourth-order valence-electron chi connectivity index (χ4n) is 4.64. The van der Waals surface area contributed by atoms with Crippen LogP contribution in [0.2, 0.25) is 0 Å². The Morgan fingerprint density at radius 2 is 1.10 bits per heavy atom. The van der Waals surface area contributed by atoms with Crippen molar-refractivity contribution in [2.45, 2.75) is 53.1 Å². The quantitative estimate of drug-likeness (QED) is 0.403. The zero-order valence-corrected chi connectivity index (χ0v) is 21.5. The van der Waals surface area contributed by atoms with Gasteiger partial charge in [0.2, 0.25) is 0 Å². The molecular weight excluding hydrogens is 392 g/mol. The van der Waals surface area contributed by atoms with Crippen molar-refractivity contribution in [1.82, 2.24) is 19.6 Å². The Morgan fingerprint density at radius 1 is 0.645 bits per heavy atom. The average Bonchev–Trinajstić information content (AvgIpc) is 3.41. The van der Waals surface area contributed by atoms with Gasteiger partial charge in [0.25, 0.3) is 0 Å². The van der Waals surface area contributed by atoms with E-state index in [1.54, 1.807) is 7.11 Å². The molecule has 0 spiro atoms. The second-order valence-corrected chi connectivity index (χ2v) is 8.02. The molecule has 0 amide bonds. The van der Waals surface area contributed by atoms with E-state index in [4.69, 9.17) is 14.2 Å². The van der Waals surface area contributed by atoms with E-state index >= 15 is 0 Å². The number of fused-ring (bicyclic) bond motifs is 2. The van der Waals surface area contributed by atoms with Gasteiger partial charge in [-0.2, -0.15) is 0 Å². The van der Waals surface area contributed by atoms with Crippen LogP contribution >= 0.6 is 0 Å². The summed E-state index contributed by atoms with van der Waals surface area (Å²) >= 11 is 0. The van der Waals surface area contributed by atoms with Gasteiger partial charge in [-0.1, -0.05) is 27.7 Å². The first-order chi connectivity index (χ1) is 15.3. The summed E-state index contributed by atoms with van der Waals surface area (Å²) < 4.78 is 16.6. The van der Waals surface area contributed by atoms with Crippen LogP contribution in [0, 0.1) is 0 Å². The van der Waals surface area contributed by atoms with Crippen molar-refractivity contribution < 1.29 is 14.2 Å². The fourth-order valence-corrected chi connectivity index (χ4v) is 4.64. The molecule has 186 valence electrons. The van der Waals surface area contributed by atoms with Gasteiger partial charge in [0.15, 0.2) is 0 Å². The number of methoxy groups -OCH3 is 1. The Hall–Kier alpha value is -0.280. The highest BCUT2D eigenvalue weighted by molar-refractivity contribution is 4.99. The third-order valence-electron chi connectivity index (χ3n) is 6.35. The van der Waals surface area contributed by atoms with Crippen LogP contribution < -0.4 is 0 Å². The molecule has 3 fully saturated rings. The Labute approximate surface area is 193 Å². The van der Waals surface area contributed by atoms with E-state index in [1.165, 1.54) is 19.5 Å². The van der Waals surface area contributed by atoms with Crippen LogP contribution in [-0.2, 0) is 14.2 Å². The first kappa shape index (κ1) is 28.8. The van der Waals surface area contributed by atoms with Gasteiger partial charge >= 0.3 is 0 Å². The molecule has 0 unspecified atom stereocenters. The highest BCUT2D eigenvalue weighted by Crippen LogP contribution is 2.29. The molecular formula is C24H52N4O3. The predicted octanol–water partition coefficient (Wildman–Crippen LogP) is 2.11. The van der Waals surface area contributed by atoms with Crippen molar-refractivity contribution in [2.24, 2.45) is 0 Å². The summed E-state index contributed by atoms with van der Waals surface area (Å²) in [6, 6.07) is 1.48. The third kappa shape index (κ3) is 10.5. The molecule has 0 aromatic carbocycles. The molecule has 0 radical (unpaired) electrons. The van der Waals surface area contributed by atoms with Crippen molar-refractivity contribution >= 4 is 0 Å². The van der Waals surface area contributed by atoms with E-state index in [9.17, 15) is 0 Å². The maximum Gasteiger partial charge on any atom is 0.0594 e. The maximum atomic E-state index is 5.95. The zero-order valence-electron chi connectivity index (χ0n) is 21.5. The highest BCUT2D eigenvalue weighted by atomic mass is 16.5. The minimum absolute atomic E-state index is 0.736. The second-order valence-electron chi connectivity index (χ2n) is 8.02. The zero-order chi connectivity index (χ0) is 22.9. The normalized spacial score (nSPS) is 24.6. The molecule has 3 heterocycles. The first-order valence-electron chi connectivity index (χ1n) is 12.9. The Morgan fingerprint density at radius 3 is 1.55 bits per heavy atom. The molecule has 2 bridgehead atoms. The fraction of sp³-hybridized carbons (Fsp3) is 1.00. The molecule has 0 aromatic heterocycles.